The maximum absolute atomic E-state index is 11.0. The number of aromatic carboxylic acids is 1. The Kier molecular flexibility index (Phi) is 7.18. The van der Waals surface area contributed by atoms with Crippen LogP contribution in [0, 0.1) is 12.8 Å². The Morgan fingerprint density at radius 3 is 2.62 bits per heavy atom. The molecule has 1 heterocycles. The molecule has 1 aromatic carbocycles. The fourth-order valence-corrected chi connectivity index (χ4v) is 1.81. The summed E-state index contributed by atoms with van der Waals surface area (Å²) in [6.07, 6.45) is 14.7. The van der Waals surface area contributed by atoms with Crippen LogP contribution in [0.3, 0.4) is 0 Å². The van der Waals surface area contributed by atoms with Gasteiger partial charge in [0.15, 0.2) is 5.82 Å². The average molecular weight is 323 g/mol. The van der Waals surface area contributed by atoms with E-state index in [1.54, 1.807) is 35.3 Å². The van der Waals surface area contributed by atoms with Crippen molar-refractivity contribution in [3.8, 4) is 24.2 Å². The molecular formula is C19H21N3O2. The Balaban J connectivity index is 0.00000139. The Morgan fingerprint density at radius 2 is 2.00 bits per heavy atom. The number of terminal acetylenes is 1. The molecule has 5 nitrogen and oxygen atoms in total. The lowest BCUT2D eigenvalue weighted by molar-refractivity contribution is 0.0697. The molecule has 0 fully saturated rings. The quantitative estimate of drug-likeness (QED) is 0.664. The molecule has 0 bridgehead atoms. The Bertz CT molecular complexity index is 783. The molecule has 0 amide bonds. The molecule has 0 spiro atoms. The zero-order valence-corrected chi connectivity index (χ0v) is 14.1. The average Bonchev–Trinajstić information content (AvgIpc) is 3.11. The molecule has 0 saturated heterocycles. The van der Waals surface area contributed by atoms with Crippen molar-refractivity contribution in [2.75, 3.05) is 0 Å². The molecule has 1 aromatic heterocycles. The van der Waals surface area contributed by atoms with Gasteiger partial charge in [-0.1, -0.05) is 30.7 Å². The van der Waals surface area contributed by atoms with Crippen molar-refractivity contribution < 1.29 is 9.90 Å². The van der Waals surface area contributed by atoms with Crippen molar-refractivity contribution >= 4 is 11.7 Å². The summed E-state index contributed by atoms with van der Waals surface area (Å²) >= 11 is 0. The summed E-state index contributed by atoms with van der Waals surface area (Å²) in [5, 5.41) is 13.4. The van der Waals surface area contributed by atoms with E-state index in [1.807, 2.05) is 13.0 Å². The van der Waals surface area contributed by atoms with Crippen LogP contribution in [0.15, 0.2) is 48.3 Å². The van der Waals surface area contributed by atoms with Gasteiger partial charge in [-0.25, -0.2) is 14.5 Å². The summed E-state index contributed by atoms with van der Waals surface area (Å²) in [4.78, 5) is 15.3. The van der Waals surface area contributed by atoms with Crippen molar-refractivity contribution in [1.29, 1.82) is 0 Å². The van der Waals surface area contributed by atoms with E-state index in [2.05, 4.69) is 42.9 Å². The number of carboxylic acid groups (broad SMARTS) is 1. The van der Waals surface area contributed by atoms with Crippen LogP contribution < -0.4 is 0 Å². The van der Waals surface area contributed by atoms with Crippen molar-refractivity contribution in [1.82, 2.24) is 14.8 Å². The number of rotatable bonds is 5. The van der Waals surface area contributed by atoms with Gasteiger partial charge in [0.05, 0.1) is 5.56 Å². The minimum Gasteiger partial charge on any atom is -0.478 e. The highest BCUT2D eigenvalue weighted by atomic mass is 16.4. The van der Waals surface area contributed by atoms with E-state index >= 15 is 0 Å². The smallest absolute Gasteiger partial charge is 0.335 e. The molecule has 0 radical (unpaired) electrons. The van der Waals surface area contributed by atoms with Gasteiger partial charge in [-0.2, -0.15) is 0 Å². The lowest BCUT2D eigenvalue weighted by Gasteiger charge is -2.00. The first-order chi connectivity index (χ1) is 11.5. The molecular weight excluding hydrogens is 302 g/mol. The lowest BCUT2D eigenvalue weighted by atomic mass is 10.1. The first-order valence-corrected chi connectivity index (χ1v) is 7.44. The number of carbonyl (C=O) groups is 1. The molecule has 2 rings (SSSR count). The van der Waals surface area contributed by atoms with Crippen LogP contribution in [0.1, 0.15) is 37.6 Å². The number of allylic oxidation sites excluding steroid dienone is 4. The van der Waals surface area contributed by atoms with Gasteiger partial charge in [0.1, 0.15) is 6.33 Å². The number of hydrogen-bond donors (Lipinski definition) is 1. The molecule has 0 saturated carbocycles. The molecule has 124 valence electrons. The van der Waals surface area contributed by atoms with Gasteiger partial charge in [0, 0.05) is 11.3 Å². The fourth-order valence-electron chi connectivity index (χ4n) is 1.81. The normalized spacial score (nSPS) is 11.5. The van der Waals surface area contributed by atoms with Gasteiger partial charge in [0.2, 0.25) is 0 Å². The van der Waals surface area contributed by atoms with Gasteiger partial charge < -0.3 is 5.11 Å². The molecule has 0 aliphatic heterocycles. The number of hydrogen-bond acceptors (Lipinski definition) is 3. The molecule has 0 aliphatic carbocycles. The summed E-state index contributed by atoms with van der Waals surface area (Å²) in [5.41, 5.74) is 3.14. The largest absolute Gasteiger partial charge is 0.478 e. The fraction of sp³-hybridized carbons (Fsp3) is 0.211. The Labute approximate surface area is 142 Å². The third-order valence-electron chi connectivity index (χ3n) is 3.39. The molecule has 0 aliphatic rings. The van der Waals surface area contributed by atoms with Gasteiger partial charge >= 0.3 is 5.97 Å². The van der Waals surface area contributed by atoms with Crippen molar-refractivity contribution in [2.24, 2.45) is 0 Å². The van der Waals surface area contributed by atoms with E-state index in [4.69, 9.17) is 5.11 Å². The van der Waals surface area contributed by atoms with Gasteiger partial charge in [-0.05, 0) is 38.5 Å². The van der Waals surface area contributed by atoms with Gasteiger partial charge in [0.25, 0.3) is 0 Å². The van der Waals surface area contributed by atoms with Crippen LogP contribution in [0.25, 0.3) is 17.1 Å². The molecule has 2 aromatic rings. The summed E-state index contributed by atoms with van der Waals surface area (Å²) in [7, 11) is 0. The lowest BCUT2D eigenvalue weighted by Crippen LogP contribution is -1.97. The summed E-state index contributed by atoms with van der Waals surface area (Å²) < 4.78 is 1.68. The Morgan fingerprint density at radius 1 is 1.29 bits per heavy atom. The SMILES string of the molecule is C#C.CC/C(C)=C/C=C(\C)n1cnc(-c2cccc(C(=O)O)c2)n1. The standard InChI is InChI=1S/C17H19N3O2.C2H2/c1-4-12(2)8-9-13(3)20-11-18-16(19-20)14-6-5-7-15(10-14)17(21)22;1-2/h5-11H,4H2,1-3H3,(H,21,22);1-2H/b12-8+,13-9+;. The van der Waals surface area contributed by atoms with Crippen LogP contribution in [-0.2, 0) is 0 Å². The highest BCUT2D eigenvalue weighted by Gasteiger charge is 2.08. The number of benzene rings is 1. The van der Waals surface area contributed by atoms with E-state index in [9.17, 15) is 4.79 Å². The molecule has 0 atom stereocenters. The van der Waals surface area contributed by atoms with E-state index < -0.39 is 5.97 Å². The van der Waals surface area contributed by atoms with Crippen LogP contribution in [0.2, 0.25) is 0 Å². The maximum atomic E-state index is 11.0. The van der Waals surface area contributed by atoms with Crippen molar-refractivity contribution in [2.45, 2.75) is 27.2 Å². The van der Waals surface area contributed by atoms with E-state index in [-0.39, 0.29) is 5.56 Å². The van der Waals surface area contributed by atoms with Crippen LogP contribution in [0.5, 0.6) is 0 Å². The third kappa shape index (κ3) is 4.96. The number of aromatic nitrogens is 3. The van der Waals surface area contributed by atoms with E-state index in [0.717, 1.165) is 12.1 Å². The molecule has 0 unspecified atom stereocenters. The predicted octanol–water partition coefficient (Wildman–Crippen LogP) is 4.11. The second-order valence-corrected chi connectivity index (χ2v) is 5.07. The van der Waals surface area contributed by atoms with Gasteiger partial charge in [-0.15, -0.1) is 17.9 Å². The second kappa shape index (κ2) is 9.11. The maximum Gasteiger partial charge on any atom is 0.335 e. The number of nitrogens with zero attached hydrogens (tertiary/aromatic N) is 3. The first-order valence-electron chi connectivity index (χ1n) is 7.44. The second-order valence-electron chi connectivity index (χ2n) is 5.07. The van der Waals surface area contributed by atoms with E-state index in [0.29, 0.717) is 11.4 Å². The third-order valence-corrected chi connectivity index (χ3v) is 3.39. The van der Waals surface area contributed by atoms with Crippen LogP contribution in [0.4, 0.5) is 0 Å². The zero-order valence-electron chi connectivity index (χ0n) is 14.1. The minimum absolute atomic E-state index is 0.225. The van der Waals surface area contributed by atoms with Crippen molar-refractivity contribution in [3.05, 3.63) is 53.9 Å². The van der Waals surface area contributed by atoms with Crippen LogP contribution in [-0.4, -0.2) is 25.8 Å². The molecule has 1 N–H and O–H groups in total. The predicted molar refractivity (Wildman–Crippen MR) is 96.3 cm³/mol. The monoisotopic (exact) mass is 323 g/mol. The highest BCUT2D eigenvalue weighted by molar-refractivity contribution is 5.89. The highest BCUT2D eigenvalue weighted by Crippen LogP contribution is 2.17. The summed E-state index contributed by atoms with van der Waals surface area (Å²) in [5.74, 6) is -0.454. The minimum atomic E-state index is -0.961. The summed E-state index contributed by atoms with van der Waals surface area (Å²) in [6.45, 7) is 6.14. The number of carboxylic acids is 1. The molecule has 24 heavy (non-hydrogen) atoms. The van der Waals surface area contributed by atoms with Crippen LogP contribution >= 0.6 is 0 Å². The summed E-state index contributed by atoms with van der Waals surface area (Å²) in [6, 6.07) is 6.61. The molecule has 5 heteroatoms. The van der Waals surface area contributed by atoms with E-state index in [1.165, 1.54) is 5.57 Å². The Hall–Kier alpha value is -3.13. The van der Waals surface area contributed by atoms with Crippen molar-refractivity contribution in [3.63, 3.8) is 0 Å². The van der Waals surface area contributed by atoms with Gasteiger partial charge in [-0.3, -0.25) is 0 Å². The zero-order chi connectivity index (χ0) is 18.1. The first kappa shape index (κ1) is 18.9. The topological polar surface area (TPSA) is 68.0 Å².